The molecule has 7 nitrogen and oxygen atoms in total. The van der Waals surface area contributed by atoms with Crippen LogP contribution >= 0.6 is 0 Å². The maximum Gasteiger partial charge on any atom is 0.410 e. The third kappa shape index (κ3) is 4.92. The van der Waals surface area contributed by atoms with Crippen LogP contribution in [0.3, 0.4) is 0 Å². The van der Waals surface area contributed by atoms with Crippen LogP contribution < -0.4 is 9.47 Å². The van der Waals surface area contributed by atoms with Gasteiger partial charge in [0.2, 0.25) is 5.75 Å². The Balaban J connectivity index is 1.95. The van der Waals surface area contributed by atoms with Crippen molar-refractivity contribution in [2.75, 3.05) is 40.4 Å². The summed E-state index contributed by atoms with van der Waals surface area (Å²) in [5, 5.41) is 10.4. The van der Waals surface area contributed by atoms with Gasteiger partial charge in [-0.15, -0.1) is 0 Å². The lowest BCUT2D eigenvalue weighted by Gasteiger charge is -2.35. The summed E-state index contributed by atoms with van der Waals surface area (Å²) >= 11 is 0. The largest absolute Gasteiger partial charge is 0.504 e. The molecule has 1 N–H and O–H groups in total. The molecule has 1 fully saturated rings. The highest BCUT2D eigenvalue weighted by atomic mass is 16.6. The summed E-state index contributed by atoms with van der Waals surface area (Å²) in [6.07, 6.45) is -0.277. The number of carbonyl (C=O) groups excluding carboxylic acids is 1. The van der Waals surface area contributed by atoms with Gasteiger partial charge >= 0.3 is 6.09 Å². The summed E-state index contributed by atoms with van der Waals surface area (Å²) < 4.78 is 15.8. The van der Waals surface area contributed by atoms with Crippen molar-refractivity contribution in [1.82, 2.24) is 9.80 Å². The minimum atomic E-state index is -0.486. The van der Waals surface area contributed by atoms with E-state index in [1.54, 1.807) is 11.0 Å². The van der Waals surface area contributed by atoms with Crippen LogP contribution in [0.1, 0.15) is 26.3 Å². The predicted molar refractivity (Wildman–Crippen MR) is 94.3 cm³/mol. The van der Waals surface area contributed by atoms with Gasteiger partial charge in [0, 0.05) is 38.3 Å². The summed E-state index contributed by atoms with van der Waals surface area (Å²) in [5.74, 6) is 0.933. The van der Waals surface area contributed by atoms with Crippen molar-refractivity contribution in [3.63, 3.8) is 0 Å². The Morgan fingerprint density at radius 3 is 2.28 bits per heavy atom. The number of phenols is 1. The summed E-state index contributed by atoms with van der Waals surface area (Å²) in [4.78, 5) is 16.0. The third-order valence-electron chi connectivity index (χ3n) is 4.02. The number of aromatic hydroxyl groups is 1. The molecule has 1 aromatic rings. The van der Waals surface area contributed by atoms with Crippen LogP contribution in [0.4, 0.5) is 4.79 Å². The van der Waals surface area contributed by atoms with E-state index in [1.807, 2.05) is 26.8 Å². The zero-order chi connectivity index (χ0) is 18.6. The number of piperazine rings is 1. The first-order valence-electron chi connectivity index (χ1n) is 8.38. The standard InChI is InChI=1S/C18H28N2O5/c1-18(2,3)25-17(22)20-10-8-19(9-11-20)12-13-6-7-14(23-4)16(24-5)15(13)21/h6-7,21H,8-12H2,1-5H3. The zero-order valence-corrected chi connectivity index (χ0v) is 15.7. The Bertz CT molecular complexity index is 604. The molecule has 140 valence electrons. The van der Waals surface area contributed by atoms with Crippen molar-refractivity contribution < 1.29 is 24.1 Å². The van der Waals surface area contributed by atoms with Crippen molar-refractivity contribution in [1.29, 1.82) is 0 Å². The van der Waals surface area contributed by atoms with Crippen LogP contribution in [0.2, 0.25) is 0 Å². The van der Waals surface area contributed by atoms with E-state index in [2.05, 4.69) is 4.90 Å². The van der Waals surface area contributed by atoms with Gasteiger partial charge in [0.05, 0.1) is 14.2 Å². The molecule has 0 aliphatic carbocycles. The smallest absolute Gasteiger partial charge is 0.410 e. The van der Waals surface area contributed by atoms with Gasteiger partial charge in [-0.25, -0.2) is 4.79 Å². The topological polar surface area (TPSA) is 71.5 Å². The first-order chi connectivity index (χ1) is 11.7. The Morgan fingerprint density at radius 2 is 1.76 bits per heavy atom. The molecule has 25 heavy (non-hydrogen) atoms. The molecule has 1 heterocycles. The maximum atomic E-state index is 12.1. The highest BCUT2D eigenvalue weighted by Gasteiger charge is 2.26. The highest BCUT2D eigenvalue weighted by Crippen LogP contribution is 2.39. The summed E-state index contributed by atoms with van der Waals surface area (Å²) in [6.45, 7) is 8.79. The lowest BCUT2D eigenvalue weighted by molar-refractivity contribution is 0.0138. The molecule has 0 bridgehead atoms. The van der Waals surface area contributed by atoms with Gasteiger partial charge in [-0.2, -0.15) is 0 Å². The Hall–Kier alpha value is -2.15. The number of hydrogen-bond donors (Lipinski definition) is 1. The number of nitrogens with zero attached hydrogens (tertiary/aromatic N) is 2. The SMILES string of the molecule is COc1ccc(CN2CCN(C(=O)OC(C)(C)C)CC2)c(O)c1OC. The highest BCUT2D eigenvalue weighted by molar-refractivity contribution is 5.68. The first kappa shape index (κ1) is 19.2. The van der Waals surface area contributed by atoms with Crippen molar-refractivity contribution >= 4 is 6.09 Å². The molecule has 1 aliphatic heterocycles. The van der Waals surface area contributed by atoms with E-state index in [-0.39, 0.29) is 11.8 Å². The van der Waals surface area contributed by atoms with Crippen LogP contribution in [0.15, 0.2) is 12.1 Å². The van der Waals surface area contributed by atoms with Crippen LogP contribution in [0, 0.1) is 0 Å². The quantitative estimate of drug-likeness (QED) is 0.897. The lowest BCUT2D eigenvalue weighted by Crippen LogP contribution is -2.49. The minimum absolute atomic E-state index is 0.0939. The average Bonchev–Trinajstić information content (AvgIpc) is 2.55. The molecule has 0 aromatic heterocycles. The molecule has 7 heteroatoms. The second-order valence-electron chi connectivity index (χ2n) is 7.05. The van der Waals surface area contributed by atoms with Gasteiger partial charge in [0.1, 0.15) is 5.60 Å². The Kier molecular flexibility index (Phi) is 6.00. The van der Waals surface area contributed by atoms with E-state index in [0.29, 0.717) is 44.2 Å². The molecule has 1 aliphatic rings. The summed E-state index contributed by atoms with van der Waals surface area (Å²) in [6, 6.07) is 3.61. The number of carbonyl (C=O) groups is 1. The number of methoxy groups -OCH3 is 2. The molecule has 1 aromatic carbocycles. The second-order valence-corrected chi connectivity index (χ2v) is 7.05. The molecule has 0 spiro atoms. The summed E-state index contributed by atoms with van der Waals surface area (Å²) in [5.41, 5.74) is 0.281. The molecule has 1 amide bonds. The number of hydrogen-bond acceptors (Lipinski definition) is 6. The van der Waals surface area contributed by atoms with Crippen molar-refractivity contribution in [2.45, 2.75) is 32.9 Å². The predicted octanol–water partition coefficient (Wildman–Crippen LogP) is 2.46. The number of ether oxygens (including phenoxy) is 3. The van der Waals surface area contributed by atoms with Crippen molar-refractivity contribution in [2.24, 2.45) is 0 Å². The second kappa shape index (κ2) is 7.82. The van der Waals surface area contributed by atoms with Gasteiger partial charge in [-0.05, 0) is 26.8 Å². The van der Waals surface area contributed by atoms with E-state index < -0.39 is 5.60 Å². The molecule has 1 saturated heterocycles. The van der Waals surface area contributed by atoms with Gasteiger partial charge in [0.25, 0.3) is 0 Å². The number of amides is 1. The normalized spacial score (nSPS) is 15.8. The van der Waals surface area contributed by atoms with Gasteiger partial charge in [-0.3, -0.25) is 4.90 Å². The fourth-order valence-corrected chi connectivity index (χ4v) is 2.73. The van der Waals surface area contributed by atoms with E-state index in [0.717, 1.165) is 5.56 Å². The molecule has 0 radical (unpaired) electrons. The monoisotopic (exact) mass is 352 g/mol. The number of rotatable bonds is 4. The molecule has 0 unspecified atom stereocenters. The van der Waals surface area contributed by atoms with Gasteiger partial charge < -0.3 is 24.2 Å². The molecule has 0 saturated carbocycles. The fraction of sp³-hybridized carbons (Fsp3) is 0.611. The molecular weight excluding hydrogens is 324 g/mol. The van der Waals surface area contributed by atoms with Gasteiger partial charge in [-0.1, -0.05) is 6.07 Å². The molecular formula is C18H28N2O5. The Labute approximate surface area is 149 Å². The van der Waals surface area contributed by atoms with Gasteiger partial charge in [0.15, 0.2) is 11.5 Å². The summed E-state index contributed by atoms with van der Waals surface area (Å²) in [7, 11) is 3.04. The fourth-order valence-electron chi connectivity index (χ4n) is 2.73. The van der Waals surface area contributed by atoms with Crippen LogP contribution in [0.25, 0.3) is 0 Å². The average molecular weight is 352 g/mol. The minimum Gasteiger partial charge on any atom is -0.504 e. The number of benzene rings is 1. The third-order valence-corrected chi connectivity index (χ3v) is 4.02. The van der Waals surface area contributed by atoms with E-state index in [4.69, 9.17) is 14.2 Å². The lowest BCUT2D eigenvalue weighted by atomic mass is 10.1. The maximum absolute atomic E-state index is 12.1. The van der Waals surface area contributed by atoms with E-state index in [1.165, 1.54) is 14.2 Å². The van der Waals surface area contributed by atoms with Crippen molar-refractivity contribution in [3.8, 4) is 17.2 Å². The van der Waals surface area contributed by atoms with E-state index in [9.17, 15) is 9.90 Å². The Morgan fingerprint density at radius 1 is 1.12 bits per heavy atom. The van der Waals surface area contributed by atoms with Crippen molar-refractivity contribution in [3.05, 3.63) is 17.7 Å². The molecule has 2 rings (SSSR count). The first-order valence-corrected chi connectivity index (χ1v) is 8.38. The van der Waals surface area contributed by atoms with E-state index >= 15 is 0 Å². The zero-order valence-electron chi connectivity index (χ0n) is 15.7. The number of phenolic OH excluding ortho intramolecular Hbond substituents is 1. The van der Waals surface area contributed by atoms with Crippen LogP contribution in [-0.4, -0.2) is 67.0 Å². The molecule has 0 atom stereocenters. The van der Waals surface area contributed by atoms with Crippen LogP contribution in [-0.2, 0) is 11.3 Å². The van der Waals surface area contributed by atoms with Crippen LogP contribution in [0.5, 0.6) is 17.2 Å².